The predicted molar refractivity (Wildman–Crippen MR) is 72.1 cm³/mol. The Kier molecular flexibility index (Phi) is 8.83. The Hall–Kier alpha value is 0.576. The van der Waals surface area contributed by atoms with Gasteiger partial charge in [0.25, 0.3) is 0 Å². The minimum absolute atomic E-state index is 0. The summed E-state index contributed by atoms with van der Waals surface area (Å²) in [7, 11) is -3.27. The van der Waals surface area contributed by atoms with Crippen LogP contribution in [0.1, 0.15) is 20.7 Å². The van der Waals surface area contributed by atoms with Gasteiger partial charge in [-0.25, -0.2) is 18.0 Å². The molecule has 116 valence electrons. The number of carbonyl (C=O) groups is 2. The summed E-state index contributed by atoms with van der Waals surface area (Å²) in [5.41, 5.74) is -1.36. The van der Waals surface area contributed by atoms with Crippen molar-refractivity contribution in [3.63, 3.8) is 0 Å². The van der Waals surface area contributed by atoms with Gasteiger partial charge in [0.05, 0.1) is 45.3 Å². The van der Waals surface area contributed by atoms with Crippen LogP contribution in [0, 0.1) is 0 Å². The maximum Gasteiger partial charge on any atom is 1.00 e. The molecule has 0 N–H and O–H groups in total. The van der Waals surface area contributed by atoms with Gasteiger partial charge in [-0.15, -0.1) is 0 Å². The van der Waals surface area contributed by atoms with E-state index in [1.165, 1.54) is 0 Å². The molecule has 22 heavy (non-hydrogen) atoms. The van der Waals surface area contributed by atoms with Gasteiger partial charge in [-0.05, 0) is 0 Å². The van der Waals surface area contributed by atoms with Crippen LogP contribution in [-0.2, 0) is 19.6 Å². The average Bonchev–Trinajstić information content (AvgIpc) is 2.35. The molecule has 0 atom stereocenters. The van der Waals surface area contributed by atoms with E-state index in [4.69, 9.17) is 34.8 Å². The van der Waals surface area contributed by atoms with Gasteiger partial charge in [0.2, 0.25) is 0 Å². The fourth-order valence-electron chi connectivity index (χ4n) is 1.42. The third-order valence-corrected chi connectivity index (χ3v) is 4.57. The van der Waals surface area contributed by atoms with Crippen molar-refractivity contribution in [1.29, 1.82) is 0 Å². The molecule has 0 aliphatic carbocycles. The number of rotatable bonds is 3. The summed E-state index contributed by atoms with van der Waals surface area (Å²) in [4.78, 5) is 22.1. The van der Waals surface area contributed by atoms with Gasteiger partial charge >= 0.3 is 63.3 Å². The minimum atomic E-state index is -5.20. The molecular formula is C10H6Cl3KO7S. The maximum atomic E-state index is 11.6. The standard InChI is InChI=1S/C10H7Cl3O7S.K/c1-19-9(14)3-5(11)4(10(15)20-2)7(13)8(6(3)12)21(16,17)18;/h1-2H3,(H,16,17,18);/q;+1/p-1. The summed E-state index contributed by atoms with van der Waals surface area (Å²) >= 11 is 17.2. The van der Waals surface area contributed by atoms with E-state index >= 15 is 0 Å². The van der Waals surface area contributed by atoms with Gasteiger partial charge in [-0.2, -0.15) is 0 Å². The zero-order valence-electron chi connectivity index (χ0n) is 11.4. The monoisotopic (exact) mass is 414 g/mol. The zero-order valence-corrected chi connectivity index (χ0v) is 17.6. The number of carbonyl (C=O) groups excluding carboxylic acids is 2. The first-order valence-electron chi connectivity index (χ1n) is 4.90. The molecule has 7 nitrogen and oxygen atoms in total. The van der Waals surface area contributed by atoms with Crippen molar-refractivity contribution in [3.8, 4) is 0 Å². The van der Waals surface area contributed by atoms with E-state index in [1.807, 2.05) is 0 Å². The van der Waals surface area contributed by atoms with Crippen LogP contribution in [0.15, 0.2) is 4.90 Å². The van der Waals surface area contributed by atoms with Crippen LogP contribution in [0.2, 0.25) is 15.1 Å². The van der Waals surface area contributed by atoms with Crippen molar-refractivity contribution in [1.82, 2.24) is 0 Å². The molecule has 0 saturated carbocycles. The van der Waals surface area contributed by atoms with Gasteiger partial charge in [0, 0.05) is 0 Å². The molecule has 12 heteroatoms. The van der Waals surface area contributed by atoms with Gasteiger partial charge in [0.15, 0.2) is 0 Å². The van der Waals surface area contributed by atoms with Gasteiger partial charge in [-0.1, -0.05) is 34.8 Å². The van der Waals surface area contributed by atoms with E-state index in [2.05, 4.69) is 9.47 Å². The molecule has 0 spiro atoms. The Morgan fingerprint density at radius 3 is 1.45 bits per heavy atom. The van der Waals surface area contributed by atoms with E-state index in [-0.39, 0.29) is 51.4 Å². The summed E-state index contributed by atoms with van der Waals surface area (Å²) in [5.74, 6) is -2.31. The van der Waals surface area contributed by atoms with Crippen LogP contribution < -0.4 is 51.4 Å². The van der Waals surface area contributed by atoms with Gasteiger partial charge in [0.1, 0.15) is 10.1 Å². The number of benzene rings is 1. The molecule has 0 amide bonds. The third kappa shape index (κ3) is 4.35. The number of methoxy groups -OCH3 is 2. The zero-order chi connectivity index (χ0) is 16.5. The molecule has 0 aliphatic rings. The number of hydrogen-bond donors (Lipinski definition) is 0. The molecule has 0 heterocycles. The summed E-state index contributed by atoms with van der Waals surface area (Å²) in [6.45, 7) is 0. The number of halogens is 3. The second kappa shape index (κ2) is 8.61. The first-order chi connectivity index (χ1) is 9.57. The van der Waals surface area contributed by atoms with Crippen LogP contribution in [0.25, 0.3) is 0 Å². The summed E-state index contributed by atoms with van der Waals surface area (Å²) < 4.78 is 42.5. The smallest absolute Gasteiger partial charge is 0.744 e. The molecule has 0 bridgehead atoms. The summed E-state index contributed by atoms with van der Waals surface area (Å²) in [6.07, 6.45) is 0. The maximum absolute atomic E-state index is 11.6. The van der Waals surface area contributed by atoms with Crippen molar-refractivity contribution in [2.45, 2.75) is 4.90 Å². The SMILES string of the molecule is COC(=O)c1c(Cl)c(C(=O)OC)c(Cl)c(S(=O)(=O)[O-])c1Cl.[K+]. The van der Waals surface area contributed by atoms with Gasteiger partial charge < -0.3 is 14.0 Å². The summed E-state index contributed by atoms with van der Waals surface area (Å²) in [6, 6.07) is 0. The molecule has 0 aliphatic heterocycles. The molecule has 1 aromatic carbocycles. The molecule has 1 aromatic rings. The third-order valence-electron chi connectivity index (χ3n) is 2.31. The molecular weight excluding hydrogens is 410 g/mol. The molecule has 0 fully saturated rings. The Morgan fingerprint density at radius 2 is 1.23 bits per heavy atom. The predicted octanol–water partition coefficient (Wildman–Crippen LogP) is -0.872. The van der Waals surface area contributed by atoms with E-state index in [1.54, 1.807) is 0 Å². The van der Waals surface area contributed by atoms with E-state index in [0.29, 0.717) is 0 Å². The second-order valence-electron chi connectivity index (χ2n) is 3.46. The Bertz CT molecular complexity index is 690. The van der Waals surface area contributed by atoms with Crippen LogP contribution in [0.5, 0.6) is 0 Å². The Labute approximate surface area is 183 Å². The Morgan fingerprint density at radius 1 is 0.909 bits per heavy atom. The van der Waals surface area contributed by atoms with E-state index in [0.717, 1.165) is 14.2 Å². The molecule has 0 unspecified atom stereocenters. The summed E-state index contributed by atoms with van der Waals surface area (Å²) in [5, 5.41) is -2.25. The molecule has 0 aromatic heterocycles. The molecule has 1 rings (SSSR count). The van der Waals surface area contributed by atoms with Crippen LogP contribution >= 0.6 is 34.8 Å². The number of hydrogen-bond acceptors (Lipinski definition) is 7. The minimum Gasteiger partial charge on any atom is -0.744 e. The topological polar surface area (TPSA) is 110 Å². The van der Waals surface area contributed by atoms with E-state index in [9.17, 15) is 22.6 Å². The average molecular weight is 416 g/mol. The number of ether oxygens (including phenoxy) is 2. The number of esters is 2. The van der Waals surface area contributed by atoms with Crippen molar-refractivity contribution in [2.24, 2.45) is 0 Å². The Balaban J connectivity index is 0.00000441. The van der Waals surface area contributed by atoms with Crippen LogP contribution in [0.4, 0.5) is 0 Å². The van der Waals surface area contributed by atoms with Gasteiger partial charge in [-0.3, -0.25) is 0 Å². The second-order valence-corrected chi connectivity index (χ2v) is 5.91. The van der Waals surface area contributed by atoms with E-state index < -0.39 is 53.1 Å². The fourth-order valence-corrected chi connectivity index (χ4v) is 3.65. The van der Waals surface area contributed by atoms with Crippen molar-refractivity contribution in [2.75, 3.05) is 14.2 Å². The molecule has 0 saturated heterocycles. The first kappa shape index (κ1) is 22.6. The quantitative estimate of drug-likeness (QED) is 0.358. The normalized spacial score (nSPS) is 10.6. The van der Waals surface area contributed by atoms with Crippen LogP contribution in [0.3, 0.4) is 0 Å². The largest absolute Gasteiger partial charge is 1.00 e. The fraction of sp³-hybridized carbons (Fsp3) is 0.200. The van der Waals surface area contributed by atoms with Crippen molar-refractivity contribution in [3.05, 3.63) is 26.2 Å². The van der Waals surface area contributed by atoms with Crippen LogP contribution in [-0.4, -0.2) is 39.1 Å². The van der Waals surface area contributed by atoms with Crippen molar-refractivity contribution < 1.29 is 83.4 Å². The first-order valence-corrected chi connectivity index (χ1v) is 7.45. The van der Waals surface area contributed by atoms with Crippen molar-refractivity contribution >= 4 is 56.9 Å². The molecule has 0 radical (unpaired) electrons.